The number of nitrogens with one attached hydrogen (secondary N) is 1. The number of fused-ring (bicyclic) bond motifs is 3. The Morgan fingerprint density at radius 2 is 1.67 bits per heavy atom. The Kier molecular flexibility index (Phi) is 3.89. The summed E-state index contributed by atoms with van der Waals surface area (Å²) in [7, 11) is 0. The Morgan fingerprint density at radius 1 is 0.900 bits per heavy atom. The fourth-order valence-corrected chi connectivity index (χ4v) is 4.55. The van der Waals surface area contributed by atoms with Crippen molar-refractivity contribution in [1.82, 2.24) is 14.8 Å². The Hall–Kier alpha value is -3.57. The van der Waals surface area contributed by atoms with Crippen LogP contribution in [-0.4, -0.2) is 14.8 Å². The summed E-state index contributed by atoms with van der Waals surface area (Å²) in [6, 6.07) is 26.0. The topological polar surface area (TPSA) is 52.0 Å². The molecule has 5 nitrogen and oxygen atoms in total. The number of nitrogens with zero attached hydrogens (tertiary/aromatic N) is 3. The van der Waals surface area contributed by atoms with Gasteiger partial charge in [-0.2, -0.15) is 10.1 Å². The van der Waals surface area contributed by atoms with Crippen LogP contribution in [-0.2, 0) is 0 Å². The van der Waals surface area contributed by atoms with Gasteiger partial charge in [0.2, 0.25) is 5.95 Å². The largest absolute Gasteiger partial charge is 0.480 e. The third-order valence-electron chi connectivity index (χ3n) is 5.62. The van der Waals surface area contributed by atoms with Crippen molar-refractivity contribution < 1.29 is 4.74 Å². The van der Waals surface area contributed by atoms with Crippen LogP contribution in [0.1, 0.15) is 28.8 Å². The standard InChI is InChI=1S/C24H17ClN4O/c25-18-12-6-4-10-16(18)23-20-21(17-11-5-7-13-19(17)30-23)28-24-26-14-27-29(24)22(20)15-8-2-1-3-9-15/h1-14,22-23H,(H,26,27,28)/t22-,23+/m0/s1. The molecule has 2 aliphatic rings. The zero-order chi connectivity index (χ0) is 20.1. The summed E-state index contributed by atoms with van der Waals surface area (Å²) < 4.78 is 8.48. The van der Waals surface area contributed by atoms with Crippen LogP contribution in [0.4, 0.5) is 5.95 Å². The Bertz CT molecular complexity index is 1280. The molecule has 4 aromatic rings. The smallest absolute Gasteiger partial charge is 0.226 e. The quantitative estimate of drug-likeness (QED) is 0.473. The molecule has 0 bridgehead atoms. The lowest BCUT2D eigenvalue weighted by Crippen LogP contribution is -2.32. The van der Waals surface area contributed by atoms with E-state index in [-0.39, 0.29) is 12.1 Å². The number of ether oxygens (including phenoxy) is 1. The highest BCUT2D eigenvalue weighted by Crippen LogP contribution is 2.51. The van der Waals surface area contributed by atoms with Gasteiger partial charge in [-0.25, -0.2) is 4.68 Å². The van der Waals surface area contributed by atoms with E-state index < -0.39 is 0 Å². The molecule has 0 saturated heterocycles. The first kappa shape index (κ1) is 17.3. The van der Waals surface area contributed by atoms with Crippen LogP contribution in [0.5, 0.6) is 5.75 Å². The molecule has 0 amide bonds. The molecule has 1 N–H and O–H groups in total. The van der Waals surface area contributed by atoms with Crippen LogP contribution in [0, 0.1) is 0 Å². The molecule has 2 atom stereocenters. The average molecular weight is 413 g/mol. The van der Waals surface area contributed by atoms with Gasteiger partial charge in [0.15, 0.2) is 6.10 Å². The van der Waals surface area contributed by atoms with Gasteiger partial charge in [-0.1, -0.05) is 72.3 Å². The van der Waals surface area contributed by atoms with E-state index in [4.69, 9.17) is 16.3 Å². The van der Waals surface area contributed by atoms with E-state index in [0.717, 1.165) is 33.7 Å². The average Bonchev–Trinajstić information content (AvgIpc) is 3.26. The highest BCUT2D eigenvalue weighted by molar-refractivity contribution is 6.31. The predicted molar refractivity (Wildman–Crippen MR) is 116 cm³/mol. The van der Waals surface area contributed by atoms with Crippen molar-refractivity contribution in [3.63, 3.8) is 0 Å². The van der Waals surface area contributed by atoms with Gasteiger partial charge in [-0.05, 0) is 23.8 Å². The van der Waals surface area contributed by atoms with Gasteiger partial charge < -0.3 is 10.1 Å². The van der Waals surface area contributed by atoms with Gasteiger partial charge in [0.1, 0.15) is 18.1 Å². The van der Waals surface area contributed by atoms with Crippen LogP contribution in [0.3, 0.4) is 0 Å². The molecule has 3 aromatic carbocycles. The minimum atomic E-state index is -0.362. The number of hydrogen-bond donors (Lipinski definition) is 1. The number of aromatic nitrogens is 3. The minimum Gasteiger partial charge on any atom is -0.480 e. The molecule has 2 aliphatic heterocycles. The van der Waals surface area contributed by atoms with Crippen LogP contribution >= 0.6 is 11.6 Å². The molecule has 146 valence electrons. The van der Waals surface area contributed by atoms with E-state index in [1.165, 1.54) is 0 Å². The molecule has 0 unspecified atom stereocenters. The Balaban J connectivity index is 1.66. The van der Waals surface area contributed by atoms with Crippen molar-refractivity contribution >= 4 is 23.2 Å². The second kappa shape index (κ2) is 6.75. The van der Waals surface area contributed by atoms with Crippen molar-refractivity contribution in [3.8, 4) is 5.75 Å². The first-order valence-electron chi connectivity index (χ1n) is 9.77. The minimum absolute atomic E-state index is 0.172. The molecule has 6 rings (SSSR count). The molecule has 0 fully saturated rings. The molecular formula is C24H17ClN4O. The van der Waals surface area contributed by atoms with Crippen LogP contribution in [0.15, 0.2) is 90.8 Å². The van der Waals surface area contributed by atoms with Crippen molar-refractivity contribution in [2.75, 3.05) is 5.32 Å². The summed E-state index contributed by atoms with van der Waals surface area (Å²) in [4.78, 5) is 4.45. The number of anilines is 1. The zero-order valence-corrected chi connectivity index (χ0v) is 16.6. The summed E-state index contributed by atoms with van der Waals surface area (Å²) in [5.74, 6) is 1.52. The Morgan fingerprint density at radius 3 is 2.53 bits per heavy atom. The summed E-state index contributed by atoms with van der Waals surface area (Å²) in [6.07, 6.45) is 1.22. The van der Waals surface area contributed by atoms with Gasteiger partial charge >= 0.3 is 0 Å². The summed E-state index contributed by atoms with van der Waals surface area (Å²) in [5.41, 5.74) is 5.10. The fourth-order valence-electron chi connectivity index (χ4n) is 4.32. The fraction of sp³-hybridized carbons (Fsp3) is 0.0833. The van der Waals surface area contributed by atoms with Crippen LogP contribution in [0.25, 0.3) is 5.70 Å². The highest BCUT2D eigenvalue weighted by atomic mass is 35.5. The summed E-state index contributed by atoms with van der Waals surface area (Å²) in [6.45, 7) is 0. The lowest BCUT2D eigenvalue weighted by molar-refractivity contribution is 0.223. The van der Waals surface area contributed by atoms with Gasteiger partial charge in [0.25, 0.3) is 0 Å². The maximum atomic E-state index is 6.63. The van der Waals surface area contributed by atoms with Crippen LogP contribution in [0.2, 0.25) is 5.02 Å². The van der Waals surface area contributed by atoms with Gasteiger partial charge in [-0.3, -0.25) is 0 Å². The third kappa shape index (κ3) is 2.56. The molecule has 0 radical (unpaired) electrons. The number of rotatable bonds is 2. The first-order valence-corrected chi connectivity index (χ1v) is 10.1. The van der Waals surface area contributed by atoms with E-state index in [0.29, 0.717) is 11.0 Å². The van der Waals surface area contributed by atoms with E-state index in [2.05, 4.69) is 33.6 Å². The van der Waals surface area contributed by atoms with E-state index in [9.17, 15) is 0 Å². The molecule has 6 heteroatoms. The summed E-state index contributed by atoms with van der Waals surface area (Å²) >= 11 is 6.63. The monoisotopic (exact) mass is 412 g/mol. The third-order valence-corrected chi connectivity index (χ3v) is 5.97. The molecule has 1 aromatic heterocycles. The molecule has 3 heterocycles. The second-order valence-corrected chi connectivity index (χ2v) is 7.72. The number of benzene rings is 3. The lowest BCUT2D eigenvalue weighted by Gasteiger charge is -2.39. The maximum Gasteiger partial charge on any atom is 0.226 e. The van der Waals surface area contributed by atoms with E-state index in [1.54, 1.807) is 6.33 Å². The normalized spacial score (nSPS) is 19.2. The molecule has 30 heavy (non-hydrogen) atoms. The summed E-state index contributed by atoms with van der Waals surface area (Å²) in [5, 5.41) is 8.70. The second-order valence-electron chi connectivity index (χ2n) is 7.31. The van der Waals surface area contributed by atoms with Gasteiger partial charge in [0.05, 0.1) is 5.70 Å². The SMILES string of the molecule is Clc1ccccc1[C@H]1Oc2ccccc2C2=C1[C@H](c1ccccc1)n1ncnc1N2. The van der Waals surface area contributed by atoms with Gasteiger partial charge in [-0.15, -0.1) is 0 Å². The molecule has 0 spiro atoms. The van der Waals surface area contributed by atoms with Crippen molar-refractivity contribution in [2.24, 2.45) is 0 Å². The van der Waals surface area contributed by atoms with Crippen molar-refractivity contribution in [2.45, 2.75) is 12.1 Å². The molecule has 0 aliphatic carbocycles. The predicted octanol–water partition coefficient (Wildman–Crippen LogP) is 5.49. The first-order chi connectivity index (χ1) is 14.8. The number of para-hydroxylation sites is 1. The number of hydrogen-bond acceptors (Lipinski definition) is 4. The highest BCUT2D eigenvalue weighted by Gasteiger charge is 2.41. The van der Waals surface area contributed by atoms with Crippen molar-refractivity contribution in [1.29, 1.82) is 0 Å². The number of halogens is 1. The molecule has 0 saturated carbocycles. The van der Waals surface area contributed by atoms with E-state index in [1.807, 2.05) is 65.3 Å². The maximum absolute atomic E-state index is 6.63. The lowest BCUT2D eigenvalue weighted by atomic mass is 9.84. The molecular weight excluding hydrogens is 396 g/mol. The Labute approximate surface area is 178 Å². The van der Waals surface area contributed by atoms with Gasteiger partial charge in [0, 0.05) is 21.7 Å². The van der Waals surface area contributed by atoms with E-state index >= 15 is 0 Å². The zero-order valence-electron chi connectivity index (χ0n) is 15.9. The van der Waals surface area contributed by atoms with Crippen LogP contribution < -0.4 is 10.1 Å². The van der Waals surface area contributed by atoms with Crippen molar-refractivity contribution in [3.05, 3.63) is 112 Å².